The van der Waals surface area contributed by atoms with Crippen molar-refractivity contribution >= 4 is 15.9 Å². The van der Waals surface area contributed by atoms with E-state index in [1.807, 2.05) is 6.07 Å². The lowest BCUT2D eigenvalue weighted by Crippen LogP contribution is -2.36. The zero-order valence-corrected chi connectivity index (χ0v) is 11.4. The van der Waals surface area contributed by atoms with Gasteiger partial charge in [0.25, 0.3) is 0 Å². The van der Waals surface area contributed by atoms with Crippen LogP contribution in [0.1, 0.15) is 18.9 Å². The van der Waals surface area contributed by atoms with Crippen LogP contribution in [0.2, 0.25) is 0 Å². The summed E-state index contributed by atoms with van der Waals surface area (Å²) in [6, 6.07) is 4.95. The lowest BCUT2D eigenvalue weighted by molar-refractivity contribution is 0.0995. The molecule has 2 nitrogen and oxygen atoms in total. The number of nitrogens with two attached hydrogens (primary N) is 1. The van der Waals surface area contributed by atoms with Crippen LogP contribution in [0.15, 0.2) is 22.7 Å². The zero-order chi connectivity index (χ0) is 12.4. The molecule has 0 saturated carbocycles. The highest BCUT2D eigenvalue weighted by atomic mass is 79.9. The summed E-state index contributed by atoms with van der Waals surface area (Å²) >= 11 is 3.29. The average Bonchev–Trinajstić information content (AvgIpc) is 2.62. The van der Waals surface area contributed by atoms with E-state index in [4.69, 9.17) is 10.5 Å². The van der Waals surface area contributed by atoms with E-state index in [-0.39, 0.29) is 18.0 Å². The van der Waals surface area contributed by atoms with E-state index in [0.29, 0.717) is 12.3 Å². The monoisotopic (exact) mass is 301 g/mol. The topological polar surface area (TPSA) is 35.2 Å². The number of halogens is 2. The molecule has 1 saturated heterocycles. The molecule has 3 atom stereocenters. The van der Waals surface area contributed by atoms with E-state index in [9.17, 15) is 4.39 Å². The van der Waals surface area contributed by atoms with Crippen molar-refractivity contribution in [3.8, 4) is 0 Å². The molecular formula is C13H17BrFNO. The molecule has 1 fully saturated rings. The number of rotatable bonds is 3. The second kappa shape index (κ2) is 5.46. The molecule has 3 unspecified atom stereocenters. The van der Waals surface area contributed by atoms with Crippen molar-refractivity contribution in [1.82, 2.24) is 0 Å². The molecule has 94 valence electrons. The quantitative estimate of drug-likeness (QED) is 0.932. The normalized spacial score (nSPS) is 26.1. The summed E-state index contributed by atoms with van der Waals surface area (Å²) in [5.41, 5.74) is 7.12. The molecule has 17 heavy (non-hydrogen) atoms. The standard InChI is InChI=1S/C13H17BrFNO/c1-8-12(2-3-17-8)13(16)6-9-4-10(14)7-11(15)5-9/h4-5,7-8,12-13H,2-3,6,16H2,1H3. The van der Waals surface area contributed by atoms with Gasteiger partial charge in [-0.05, 0) is 43.5 Å². The van der Waals surface area contributed by atoms with E-state index in [1.165, 1.54) is 6.07 Å². The van der Waals surface area contributed by atoms with Gasteiger partial charge >= 0.3 is 0 Å². The summed E-state index contributed by atoms with van der Waals surface area (Å²) < 4.78 is 19.5. The lowest BCUT2D eigenvalue weighted by Gasteiger charge is -2.22. The fourth-order valence-corrected chi connectivity index (χ4v) is 2.98. The molecule has 0 amide bonds. The maximum atomic E-state index is 13.2. The summed E-state index contributed by atoms with van der Waals surface area (Å²) in [6.45, 7) is 2.84. The minimum atomic E-state index is -0.225. The Hall–Kier alpha value is -0.450. The Morgan fingerprint density at radius 1 is 1.53 bits per heavy atom. The third kappa shape index (κ3) is 3.27. The Kier molecular flexibility index (Phi) is 4.17. The molecule has 2 N–H and O–H groups in total. The lowest BCUT2D eigenvalue weighted by atomic mass is 9.89. The summed E-state index contributed by atoms with van der Waals surface area (Å²) in [7, 11) is 0. The van der Waals surface area contributed by atoms with Crippen LogP contribution in [0.5, 0.6) is 0 Å². The van der Waals surface area contributed by atoms with Crippen LogP contribution in [0.4, 0.5) is 4.39 Å². The highest BCUT2D eigenvalue weighted by Gasteiger charge is 2.29. The molecule has 0 radical (unpaired) electrons. The van der Waals surface area contributed by atoms with E-state index in [0.717, 1.165) is 23.1 Å². The minimum Gasteiger partial charge on any atom is -0.378 e. The first kappa shape index (κ1) is 13.0. The molecule has 0 aromatic heterocycles. The van der Waals surface area contributed by atoms with Crippen molar-refractivity contribution in [3.63, 3.8) is 0 Å². The molecule has 1 aromatic carbocycles. The van der Waals surface area contributed by atoms with Gasteiger partial charge in [0.2, 0.25) is 0 Å². The Balaban J connectivity index is 2.04. The first-order valence-electron chi connectivity index (χ1n) is 5.88. The molecule has 4 heteroatoms. The predicted molar refractivity (Wildman–Crippen MR) is 69.3 cm³/mol. The Bertz CT molecular complexity index is 379. The van der Waals surface area contributed by atoms with Gasteiger partial charge in [-0.15, -0.1) is 0 Å². The Labute approximate surface area is 109 Å². The van der Waals surface area contributed by atoms with E-state index < -0.39 is 0 Å². The van der Waals surface area contributed by atoms with Crippen molar-refractivity contribution in [2.75, 3.05) is 6.61 Å². The van der Waals surface area contributed by atoms with Crippen LogP contribution in [0, 0.1) is 11.7 Å². The maximum Gasteiger partial charge on any atom is 0.124 e. The van der Waals surface area contributed by atoms with Gasteiger partial charge < -0.3 is 10.5 Å². The minimum absolute atomic E-state index is 0.0289. The number of ether oxygens (including phenoxy) is 1. The van der Waals surface area contributed by atoms with Gasteiger partial charge in [-0.3, -0.25) is 0 Å². The van der Waals surface area contributed by atoms with E-state index in [1.54, 1.807) is 6.07 Å². The van der Waals surface area contributed by atoms with Crippen LogP contribution in [0.25, 0.3) is 0 Å². The largest absolute Gasteiger partial charge is 0.378 e. The van der Waals surface area contributed by atoms with Gasteiger partial charge in [-0.2, -0.15) is 0 Å². The second-order valence-electron chi connectivity index (χ2n) is 4.67. The van der Waals surface area contributed by atoms with Crippen molar-refractivity contribution in [2.24, 2.45) is 11.7 Å². The number of hydrogen-bond acceptors (Lipinski definition) is 2. The fourth-order valence-electron chi connectivity index (χ4n) is 2.46. The van der Waals surface area contributed by atoms with Crippen LogP contribution >= 0.6 is 15.9 Å². The molecule has 1 aliphatic rings. The van der Waals surface area contributed by atoms with Gasteiger partial charge in [0.05, 0.1) is 6.10 Å². The molecule has 1 heterocycles. The number of benzene rings is 1. The Morgan fingerprint density at radius 2 is 2.29 bits per heavy atom. The summed E-state index contributed by atoms with van der Waals surface area (Å²) in [5, 5.41) is 0. The predicted octanol–water partition coefficient (Wildman–Crippen LogP) is 2.88. The average molecular weight is 302 g/mol. The molecule has 0 spiro atoms. The number of hydrogen-bond donors (Lipinski definition) is 1. The van der Waals surface area contributed by atoms with Gasteiger partial charge in [0, 0.05) is 23.0 Å². The van der Waals surface area contributed by atoms with Gasteiger partial charge in [0.1, 0.15) is 5.82 Å². The van der Waals surface area contributed by atoms with E-state index in [2.05, 4.69) is 22.9 Å². The van der Waals surface area contributed by atoms with Crippen LogP contribution < -0.4 is 5.73 Å². The second-order valence-corrected chi connectivity index (χ2v) is 5.59. The van der Waals surface area contributed by atoms with Crippen molar-refractivity contribution in [1.29, 1.82) is 0 Å². The SMILES string of the molecule is CC1OCCC1C(N)Cc1cc(F)cc(Br)c1. The van der Waals surface area contributed by atoms with Crippen molar-refractivity contribution in [3.05, 3.63) is 34.1 Å². The fraction of sp³-hybridized carbons (Fsp3) is 0.538. The van der Waals surface area contributed by atoms with Crippen LogP contribution in [-0.2, 0) is 11.2 Å². The molecular weight excluding hydrogens is 285 g/mol. The molecule has 0 bridgehead atoms. The highest BCUT2D eigenvalue weighted by molar-refractivity contribution is 9.10. The zero-order valence-electron chi connectivity index (χ0n) is 9.83. The third-order valence-electron chi connectivity index (χ3n) is 3.38. The first-order chi connectivity index (χ1) is 8.06. The highest BCUT2D eigenvalue weighted by Crippen LogP contribution is 2.25. The summed E-state index contributed by atoms with van der Waals surface area (Å²) in [6.07, 6.45) is 1.90. The molecule has 0 aliphatic carbocycles. The summed E-state index contributed by atoms with van der Waals surface area (Å²) in [5.74, 6) is 0.148. The molecule has 1 aromatic rings. The summed E-state index contributed by atoms with van der Waals surface area (Å²) in [4.78, 5) is 0. The van der Waals surface area contributed by atoms with Crippen LogP contribution in [-0.4, -0.2) is 18.8 Å². The maximum absolute atomic E-state index is 13.2. The van der Waals surface area contributed by atoms with Crippen molar-refractivity contribution in [2.45, 2.75) is 31.9 Å². The Morgan fingerprint density at radius 3 is 2.88 bits per heavy atom. The van der Waals surface area contributed by atoms with Gasteiger partial charge in [-0.1, -0.05) is 15.9 Å². The van der Waals surface area contributed by atoms with Crippen molar-refractivity contribution < 1.29 is 9.13 Å². The molecule has 1 aliphatic heterocycles. The smallest absolute Gasteiger partial charge is 0.124 e. The van der Waals surface area contributed by atoms with Gasteiger partial charge in [0.15, 0.2) is 0 Å². The van der Waals surface area contributed by atoms with Crippen LogP contribution in [0.3, 0.4) is 0 Å². The van der Waals surface area contributed by atoms with Gasteiger partial charge in [-0.25, -0.2) is 4.39 Å². The third-order valence-corrected chi connectivity index (χ3v) is 3.84. The van der Waals surface area contributed by atoms with E-state index >= 15 is 0 Å². The molecule has 2 rings (SSSR count). The first-order valence-corrected chi connectivity index (χ1v) is 6.67.